The van der Waals surface area contributed by atoms with Crippen LogP contribution in [-0.2, 0) is 19.2 Å². The van der Waals surface area contributed by atoms with Crippen molar-refractivity contribution in [3.8, 4) is 10.4 Å². The molecule has 1 aromatic heterocycles. The highest BCUT2D eigenvalue weighted by molar-refractivity contribution is 7.93. The van der Waals surface area contributed by atoms with Crippen LogP contribution in [0.15, 0.2) is 29.3 Å². The van der Waals surface area contributed by atoms with Crippen LogP contribution in [0.2, 0.25) is 0 Å². The number of alkyl carbamates (subject to hydrolysis) is 1. The van der Waals surface area contributed by atoms with Crippen molar-refractivity contribution in [2.24, 2.45) is 0 Å². The Labute approximate surface area is 223 Å². The summed E-state index contributed by atoms with van der Waals surface area (Å²) < 4.78 is 32.5. The first-order chi connectivity index (χ1) is 17.4. The molecule has 0 bridgehead atoms. The van der Waals surface area contributed by atoms with Gasteiger partial charge >= 0.3 is 12.2 Å². The van der Waals surface area contributed by atoms with Crippen LogP contribution in [0.5, 0.6) is 0 Å². The third-order valence-corrected chi connectivity index (χ3v) is 9.60. The Morgan fingerprint density at radius 1 is 1.03 bits per heavy atom. The number of benzene rings is 1. The van der Waals surface area contributed by atoms with Crippen LogP contribution < -0.4 is 10.6 Å². The molecule has 1 aromatic carbocycles. The molecule has 1 fully saturated rings. The molecule has 9 nitrogen and oxygen atoms in total. The second-order valence-electron chi connectivity index (χ2n) is 10.1. The minimum atomic E-state index is -3.15. The number of ether oxygens (including phenoxy) is 2. The molecule has 1 saturated carbocycles. The largest absolute Gasteiger partial charge is 0.447 e. The third-order valence-electron chi connectivity index (χ3n) is 6.09. The van der Waals surface area contributed by atoms with Crippen molar-refractivity contribution in [3.05, 3.63) is 29.4 Å². The van der Waals surface area contributed by atoms with Crippen molar-refractivity contribution < 1.29 is 23.3 Å². The lowest BCUT2D eigenvalue weighted by Gasteiger charge is -2.28. The standard InChI is InChI=1S/C26H38N4O5S2/c1-15(2)34-25(31)29-19-9-7-18(8-10-19)24-28-14-22(36-24)21-12-11-20(30-26(32)35-16(3)4)13-23(21)37(27,33)17(5)6/h11-19,27H,7-10H2,1-6H3,(H,29,31)(H,30,32)/t18-,19-,37?. The molecule has 11 heteroatoms. The van der Waals surface area contributed by atoms with Crippen LogP contribution in [0.3, 0.4) is 0 Å². The summed E-state index contributed by atoms with van der Waals surface area (Å²) in [6.07, 6.45) is 3.87. The van der Waals surface area contributed by atoms with Crippen LogP contribution in [-0.4, -0.2) is 44.9 Å². The van der Waals surface area contributed by atoms with Gasteiger partial charge in [-0.1, -0.05) is 6.07 Å². The molecule has 1 heterocycles. The van der Waals surface area contributed by atoms with E-state index >= 15 is 0 Å². The average molecular weight is 551 g/mol. The molecule has 1 unspecified atom stereocenters. The molecular formula is C26H38N4O5S2. The van der Waals surface area contributed by atoms with E-state index in [4.69, 9.17) is 14.3 Å². The molecule has 2 amide bonds. The zero-order valence-electron chi connectivity index (χ0n) is 22.3. The molecule has 2 aromatic rings. The van der Waals surface area contributed by atoms with Crippen molar-refractivity contribution in [2.75, 3.05) is 5.32 Å². The second kappa shape index (κ2) is 12.3. The van der Waals surface area contributed by atoms with Gasteiger partial charge in [0.15, 0.2) is 0 Å². The van der Waals surface area contributed by atoms with Crippen molar-refractivity contribution in [2.45, 2.75) is 102 Å². The minimum Gasteiger partial charge on any atom is -0.447 e. The van der Waals surface area contributed by atoms with Crippen LogP contribution in [0, 0.1) is 4.78 Å². The summed E-state index contributed by atoms with van der Waals surface area (Å²) in [5.41, 5.74) is 1.11. The number of carbonyl (C=O) groups excluding carboxylic acids is 2. The fourth-order valence-electron chi connectivity index (χ4n) is 4.17. The van der Waals surface area contributed by atoms with E-state index in [0.29, 0.717) is 16.1 Å². The number of hydrogen-bond acceptors (Lipinski definition) is 8. The van der Waals surface area contributed by atoms with Crippen molar-refractivity contribution >= 4 is 38.9 Å². The lowest BCUT2D eigenvalue weighted by Crippen LogP contribution is -2.38. The zero-order chi connectivity index (χ0) is 27.3. The third kappa shape index (κ3) is 7.67. The van der Waals surface area contributed by atoms with Crippen molar-refractivity contribution in [1.29, 1.82) is 4.78 Å². The lowest BCUT2D eigenvalue weighted by molar-refractivity contribution is 0.109. The number of thiazole rings is 1. The van der Waals surface area contributed by atoms with Gasteiger partial charge in [-0.15, -0.1) is 11.3 Å². The fraction of sp³-hybridized carbons (Fsp3) is 0.577. The molecule has 204 valence electrons. The van der Waals surface area contributed by atoms with E-state index in [0.717, 1.165) is 35.6 Å². The van der Waals surface area contributed by atoms with Crippen LogP contribution in [0.1, 0.15) is 78.2 Å². The maximum absolute atomic E-state index is 13.5. The number of carbonyl (C=O) groups is 2. The predicted octanol–water partition coefficient (Wildman–Crippen LogP) is 6.74. The fourth-order valence-corrected chi connectivity index (χ4v) is 6.68. The van der Waals surface area contributed by atoms with Gasteiger partial charge in [0.25, 0.3) is 0 Å². The normalized spacial score (nSPS) is 19.5. The van der Waals surface area contributed by atoms with Gasteiger partial charge in [-0.3, -0.25) is 5.32 Å². The van der Waals surface area contributed by atoms with E-state index in [1.165, 1.54) is 0 Å². The molecule has 1 aliphatic rings. The molecule has 3 rings (SSSR count). The van der Waals surface area contributed by atoms with Gasteiger partial charge < -0.3 is 14.8 Å². The Balaban J connectivity index is 1.79. The van der Waals surface area contributed by atoms with Gasteiger partial charge in [-0.2, -0.15) is 0 Å². The highest BCUT2D eigenvalue weighted by Gasteiger charge is 2.27. The van der Waals surface area contributed by atoms with E-state index < -0.39 is 21.1 Å². The van der Waals surface area contributed by atoms with E-state index in [9.17, 15) is 13.8 Å². The van der Waals surface area contributed by atoms with Crippen molar-refractivity contribution in [1.82, 2.24) is 10.3 Å². The smallest absolute Gasteiger partial charge is 0.411 e. The number of amides is 2. The van der Waals surface area contributed by atoms with E-state index in [1.807, 2.05) is 13.8 Å². The molecule has 0 saturated heterocycles. The van der Waals surface area contributed by atoms with Crippen molar-refractivity contribution in [3.63, 3.8) is 0 Å². The van der Waals surface area contributed by atoms with Crippen LogP contribution in [0.25, 0.3) is 10.4 Å². The van der Waals surface area contributed by atoms with E-state index in [1.54, 1.807) is 63.4 Å². The lowest BCUT2D eigenvalue weighted by atomic mass is 9.86. The number of anilines is 1. The first-order valence-corrected chi connectivity index (χ1v) is 15.1. The molecule has 0 spiro atoms. The Bertz CT molecular complexity index is 1200. The Hall–Kier alpha value is -2.66. The van der Waals surface area contributed by atoms with Crippen LogP contribution in [0.4, 0.5) is 15.3 Å². The topological polar surface area (TPSA) is 130 Å². The Morgan fingerprint density at radius 2 is 1.65 bits per heavy atom. The molecule has 0 radical (unpaired) electrons. The summed E-state index contributed by atoms with van der Waals surface area (Å²) >= 11 is 1.54. The maximum atomic E-state index is 13.5. The molecular weight excluding hydrogens is 512 g/mol. The minimum absolute atomic E-state index is 0.0926. The number of aromatic nitrogens is 1. The monoisotopic (exact) mass is 550 g/mol. The predicted molar refractivity (Wildman–Crippen MR) is 147 cm³/mol. The van der Waals surface area contributed by atoms with Gasteiger partial charge in [0.1, 0.15) is 0 Å². The number of hydrogen-bond donors (Lipinski definition) is 3. The van der Waals surface area contributed by atoms with Crippen LogP contribution >= 0.6 is 11.3 Å². The Morgan fingerprint density at radius 3 is 2.24 bits per heavy atom. The first-order valence-electron chi connectivity index (χ1n) is 12.7. The zero-order valence-corrected chi connectivity index (χ0v) is 24.0. The summed E-state index contributed by atoms with van der Waals surface area (Å²) in [7, 11) is -3.15. The average Bonchev–Trinajstić information content (AvgIpc) is 3.28. The molecule has 1 aliphatic carbocycles. The quantitative estimate of drug-likeness (QED) is 0.333. The highest BCUT2D eigenvalue weighted by Crippen LogP contribution is 2.40. The molecule has 0 aliphatic heterocycles. The van der Waals surface area contributed by atoms with Gasteiger partial charge in [0.2, 0.25) is 0 Å². The van der Waals surface area contributed by atoms with Gasteiger partial charge in [0.05, 0.1) is 36.7 Å². The number of nitrogens with zero attached hydrogens (tertiary/aromatic N) is 1. The number of rotatable bonds is 8. The summed E-state index contributed by atoms with van der Waals surface area (Å²) in [4.78, 5) is 29.9. The maximum Gasteiger partial charge on any atom is 0.411 e. The van der Waals surface area contributed by atoms with Gasteiger partial charge in [0, 0.05) is 34.7 Å². The van der Waals surface area contributed by atoms with Gasteiger partial charge in [-0.05, 0) is 79.4 Å². The summed E-state index contributed by atoms with van der Waals surface area (Å²) in [6, 6.07) is 5.21. The second-order valence-corrected chi connectivity index (χ2v) is 13.8. The highest BCUT2D eigenvalue weighted by atomic mass is 32.2. The Kier molecular flexibility index (Phi) is 9.57. The summed E-state index contributed by atoms with van der Waals surface area (Å²) in [5, 5.41) is 6.19. The first kappa shape index (κ1) is 28.9. The SMILES string of the molecule is CC(C)OC(=O)Nc1ccc(-c2cnc([C@H]3CC[C@H](NC(=O)OC(C)C)CC3)s2)c(S(=N)(=O)C(C)C)c1. The molecule has 37 heavy (non-hydrogen) atoms. The molecule has 3 N–H and O–H groups in total. The van der Waals surface area contributed by atoms with E-state index in [-0.39, 0.29) is 30.3 Å². The summed E-state index contributed by atoms with van der Waals surface area (Å²) in [6.45, 7) is 10.7. The number of nitrogens with one attached hydrogen (secondary N) is 3. The van der Waals surface area contributed by atoms with E-state index in [2.05, 4.69) is 15.6 Å². The van der Waals surface area contributed by atoms with Gasteiger partial charge in [-0.25, -0.2) is 23.6 Å². The summed E-state index contributed by atoms with van der Waals surface area (Å²) in [5.74, 6) is 0.276. The molecule has 1 atom stereocenters.